The third-order valence-electron chi connectivity index (χ3n) is 5.95. The van der Waals surface area contributed by atoms with Gasteiger partial charge in [0.25, 0.3) is 0 Å². The molecule has 1 saturated heterocycles. The van der Waals surface area contributed by atoms with Gasteiger partial charge in [-0.1, -0.05) is 42.5 Å². The number of rotatable bonds is 6. The molecule has 32 heavy (non-hydrogen) atoms. The average molecular weight is 429 g/mol. The van der Waals surface area contributed by atoms with Crippen LogP contribution in [0.1, 0.15) is 36.9 Å². The molecule has 6 heteroatoms. The van der Waals surface area contributed by atoms with E-state index in [4.69, 9.17) is 0 Å². The lowest BCUT2D eigenvalue weighted by Crippen LogP contribution is -2.43. The molecule has 0 bridgehead atoms. The summed E-state index contributed by atoms with van der Waals surface area (Å²) >= 11 is 0. The first-order valence-corrected chi connectivity index (χ1v) is 11.0. The van der Waals surface area contributed by atoms with Crippen molar-refractivity contribution >= 4 is 17.9 Å². The number of carbonyl (C=O) groups is 2. The largest absolute Gasteiger partial charge is 0.349 e. The Balaban J connectivity index is 1.26. The van der Waals surface area contributed by atoms with Crippen molar-refractivity contribution in [2.75, 3.05) is 13.1 Å². The number of hydrogen-bond donors (Lipinski definition) is 1. The van der Waals surface area contributed by atoms with Crippen LogP contribution in [0.5, 0.6) is 0 Å². The lowest BCUT2D eigenvalue weighted by molar-refractivity contribution is -0.132. The van der Waals surface area contributed by atoms with Crippen LogP contribution in [-0.2, 0) is 9.59 Å². The van der Waals surface area contributed by atoms with Crippen molar-refractivity contribution < 1.29 is 9.59 Å². The monoisotopic (exact) mass is 428 g/mol. The second-order valence-electron chi connectivity index (χ2n) is 8.14. The van der Waals surface area contributed by atoms with E-state index in [2.05, 4.69) is 10.3 Å². The summed E-state index contributed by atoms with van der Waals surface area (Å²) in [5.41, 5.74) is 3.09. The number of nitrogens with zero attached hydrogens (tertiary/aromatic N) is 3. The molecule has 2 heterocycles. The van der Waals surface area contributed by atoms with Crippen LogP contribution < -0.4 is 5.32 Å². The van der Waals surface area contributed by atoms with Crippen LogP contribution in [0.25, 0.3) is 11.8 Å². The second-order valence-corrected chi connectivity index (χ2v) is 8.14. The highest BCUT2D eigenvalue weighted by molar-refractivity contribution is 5.92. The first-order valence-electron chi connectivity index (χ1n) is 11.0. The summed E-state index contributed by atoms with van der Waals surface area (Å²) in [6.07, 6.45) is 10.2. The van der Waals surface area contributed by atoms with Gasteiger partial charge in [0.1, 0.15) is 0 Å². The summed E-state index contributed by atoms with van der Waals surface area (Å²) in [5, 5.41) is 3.14. The maximum atomic E-state index is 12.8. The van der Waals surface area contributed by atoms with Gasteiger partial charge in [0, 0.05) is 43.2 Å². The minimum absolute atomic E-state index is 0.000869. The Bertz CT molecular complexity index is 1050. The topological polar surface area (TPSA) is 67.2 Å². The maximum Gasteiger partial charge on any atom is 0.246 e. The van der Waals surface area contributed by atoms with Crippen molar-refractivity contribution in [3.63, 3.8) is 0 Å². The zero-order chi connectivity index (χ0) is 22.3. The smallest absolute Gasteiger partial charge is 0.246 e. The Hall–Kier alpha value is -3.67. The van der Waals surface area contributed by atoms with Crippen LogP contribution >= 0.6 is 0 Å². The molecule has 1 aliphatic heterocycles. The number of amides is 2. The molecule has 2 amide bonds. The number of piperidine rings is 1. The van der Waals surface area contributed by atoms with Crippen molar-refractivity contribution in [3.05, 3.63) is 90.5 Å². The fourth-order valence-corrected chi connectivity index (χ4v) is 3.96. The third kappa shape index (κ3) is 5.32. The molecule has 6 nitrogen and oxygen atoms in total. The van der Waals surface area contributed by atoms with Crippen molar-refractivity contribution in [1.29, 1.82) is 0 Å². The Morgan fingerprint density at radius 1 is 1.06 bits per heavy atom. The molecule has 3 aromatic rings. The van der Waals surface area contributed by atoms with E-state index in [1.165, 1.54) is 0 Å². The molecule has 164 valence electrons. The highest BCUT2D eigenvalue weighted by Gasteiger charge is 2.27. The number of hydrogen-bond acceptors (Lipinski definition) is 3. The van der Waals surface area contributed by atoms with E-state index >= 15 is 0 Å². The zero-order valence-corrected chi connectivity index (χ0v) is 18.2. The highest BCUT2D eigenvalue weighted by Crippen LogP contribution is 2.21. The predicted molar refractivity (Wildman–Crippen MR) is 125 cm³/mol. The first kappa shape index (κ1) is 21.6. The highest BCUT2D eigenvalue weighted by atomic mass is 16.2. The molecular weight excluding hydrogens is 400 g/mol. The maximum absolute atomic E-state index is 12.8. The number of aromatic nitrogens is 2. The molecule has 0 aliphatic carbocycles. The third-order valence-corrected chi connectivity index (χ3v) is 5.95. The molecule has 1 fully saturated rings. The molecule has 0 radical (unpaired) electrons. The molecular formula is C26H28N4O2. The van der Waals surface area contributed by atoms with E-state index in [0.29, 0.717) is 25.9 Å². The van der Waals surface area contributed by atoms with E-state index in [-0.39, 0.29) is 23.8 Å². The standard InChI is InChI=1S/C26H28N4O2/c1-20(22-8-10-24(11-9-22)30-18-15-27-19-30)28-26(32)23-13-16-29(17-14-23)25(31)12-7-21-5-3-2-4-6-21/h2-12,15,18-20,23H,13-14,16-17H2,1H3,(H,28,32). The number of carbonyl (C=O) groups excluding carboxylic acids is 2. The van der Waals surface area contributed by atoms with Gasteiger partial charge in [-0.3, -0.25) is 9.59 Å². The summed E-state index contributed by atoms with van der Waals surface area (Å²) in [6.45, 7) is 3.20. The van der Waals surface area contributed by atoms with Crippen molar-refractivity contribution in [3.8, 4) is 5.69 Å². The minimum Gasteiger partial charge on any atom is -0.349 e. The van der Waals surface area contributed by atoms with Crippen LogP contribution in [0.15, 0.2) is 79.4 Å². The Morgan fingerprint density at radius 2 is 1.78 bits per heavy atom. The van der Waals surface area contributed by atoms with Crippen LogP contribution in [-0.4, -0.2) is 39.4 Å². The average Bonchev–Trinajstić information content (AvgIpc) is 3.38. The van der Waals surface area contributed by atoms with Gasteiger partial charge in [-0.2, -0.15) is 0 Å². The van der Waals surface area contributed by atoms with Crippen LogP contribution in [0, 0.1) is 5.92 Å². The molecule has 0 saturated carbocycles. The Morgan fingerprint density at radius 3 is 2.44 bits per heavy atom. The van der Waals surface area contributed by atoms with Crippen LogP contribution in [0.2, 0.25) is 0 Å². The number of imidazole rings is 1. The van der Waals surface area contributed by atoms with Gasteiger partial charge in [-0.15, -0.1) is 0 Å². The SMILES string of the molecule is CC(NC(=O)C1CCN(C(=O)C=Cc2ccccc2)CC1)c1ccc(-n2ccnc2)cc1. The molecule has 1 N–H and O–H groups in total. The molecule has 0 spiro atoms. The van der Waals surface area contributed by atoms with Crippen LogP contribution in [0.3, 0.4) is 0 Å². The van der Waals surface area contributed by atoms with Gasteiger partial charge in [0.05, 0.1) is 12.4 Å². The molecule has 2 aromatic carbocycles. The van der Waals surface area contributed by atoms with E-state index in [9.17, 15) is 9.59 Å². The lowest BCUT2D eigenvalue weighted by Gasteiger charge is -2.31. The van der Waals surface area contributed by atoms with E-state index < -0.39 is 0 Å². The van der Waals surface area contributed by atoms with Crippen molar-refractivity contribution in [2.24, 2.45) is 5.92 Å². The van der Waals surface area contributed by atoms with E-state index in [1.54, 1.807) is 18.6 Å². The summed E-state index contributed by atoms with van der Waals surface area (Å²) in [7, 11) is 0. The fourth-order valence-electron chi connectivity index (χ4n) is 3.96. The molecule has 4 rings (SSSR count). The summed E-state index contributed by atoms with van der Waals surface area (Å²) in [5.74, 6) is -0.00741. The summed E-state index contributed by atoms with van der Waals surface area (Å²) in [4.78, 5) is 31.1. The molecule has 1 aliphatic rings. The van der Waals surface area contributed by atoms with Crippen molar-refractivity contribution in [1.82, 2.24) is 19.8 Å². The molecule has 1 aromatic heterocycles. The molecule has 1 unspecified atom stereocenters. The number of benzene rings is 2. The summed E-state index contributed by atoms with van der Waals surface area (Å²) < 4.78 is 1.94. The number of likely N-dealkylation sites (tertiary alicyclic amines) is 1. The van der Waals surface area contributed by atoms with Gasteiger partial charge in [-0.05, 0) is 49.1 Å². The van der Waals surface area contributed by atoms with Gasteiger partial charge in [-0.25, -0.2) is 4.98 Å². The summed E-state index contributed by atoms with van der Waals surface area (Å²) in [6, 6.07) is 17.8. The normalized spacial score (nSPS) is 15.6. The predicted octanol–water partition coefficient (Wildman–Crippen LogP) is 4.00. The second kappa shape index (κ2) is 10.1. The van der Waals surface area contributed by atoms with Crippen LogP contribution in [0.4, 0.5) is 0 Å². The van der Waals surface area contributed by atoms with Gasteiger partial charge in [0.15, 0.2) is 0 Å². The van der Waals surface area contributed by atoms with E-state index in [0.717, 1.165) is 16.8 Å². The Kier molecular flexibility index (Phi) is 6.80. The number of nitrogens with one attached hydrogen (secondary N) is 1. The van der Waals surface area contributed by atoms with Gasteiger partial charge < -0.3 is 14.8 Å². The zero-order valence-electron chi connectivity index (χ0n) is 18.2. The first-order chi connectivity index (χ1) is 15.6. The van der Waals surface area contributed by atoms with Crippen molar-refractivity contribution in [2.45, 2.75) is 25.8 Å². The minimum atomic E-state index is -0.0761. The lowest BCUT2D eigenvalue weighted by atomic mass is 9.95. The molecule has 1 atom stereocenters. The fraction of sp³-hybridized carbons (Fsp3) is 0.269. The van der Waals surface area contributed by atoms with Gasteiger partial charge >= 0.3 is 0 Å². The Labute approximate surface area is 188 Å². The quantitative estimate of drug-likeness (QED) is 0.604. The van der Waals surface area contributed by atoms with Gasteiger partial charge in [0.2, 0.25) is 11.8 Å². The van der Waals surface area contributed by atoms with E-state index in [1.807, 2.05) is 83.3 Å².